The number of rotatable bonds is 4. The van der Waals surface area contributed by atoms with Crippen molar-refractivity contribution < 1.29 is 15.0 Å². The standard InChI is InChI=1S/C5H10O2.C4H10O/c1-3-4(2)5(6)7;1-2-3-4-5/h4H,3H2,1-2H3,(H,6,7);5H,2-4H2,1H3. The van der Waals surface area contributed by atoms with Gasteiger partial charge in [-0.15, -0.1) is 0 Å². The average Bonchev–Trinajstić information content (AvgIpc) is 2.05. The predicted molar refractivity (Wildman–Crippen MR) is 49.1 cm³/mol. The van der Waals surface area contributed by atoms with Crippen LogP contribution in [0.5, 0.6) is 0 Å². The number of carbonyl (C=O) groups is 1. The lowest BCUT2D eigenvalue weighted by Gasteiger charge is -1.96. The molecule has 0 radical (unpaired) electrons. The van der Waals surface area contributed by atoms with Crippen molar-refractivity contribution in [3.8, 4) is 0 Å². The summed E-state index contributed by atoms with van der Waals surface area (Å²) in [6.45, 7) is 5.95. The minimum atomic E-state index is -0.706. The van der Waals surface area contributed by atoms with Gasteiger partial charge in [-0.3, -0.25) is 4.79 Å². The summed E-state index contributed by atoms with van der Waals surface area (Å²) >= 11 is 0. The molecule has 0 aromatic carbocycles. The molecule has 2 N–H and O–H groups in total. The monoisotopic (exact) mass is 176 g/mol. The smallest absolute Gasteiger partial charge is 0.306 e. The first-order valence-corrected chi connectivity index (χ1v) is 4.43. The molecule has 12 heavy (non-hydrogen) atoms. The van der Waals surface area contributed by atoms with Crippen LogP contribution in [0.1, 0.15) is 40.0 Å². The van der Waals surface area contributed by atoms with E-state index in [9.17, 15) is 4.79 Å². The SMILES string of the molecule is CCC(C)C(=O)O.CCCCO. The van der Waals surface area contributed by atoms with Crippen molar-refractivity contribution in [2.24, 2.45) is 5.92 Å². The molecule has 0 aliphatic rings. The fourth-order valence-corrected chi connectivity index (χ4v) is 0.333. The Bertz CT molecular complexity index is 99.9. The zero-order valence-corrected chi connectivity index (χ0v) is 8.21. The summed E-state index contributed by atoms with van der Waals surface area (Å²) in [5, 5.41) is 16.2. The van der Waals surface area contributed by atoms with E-state index in [0.29, 0.717) is 6.61 Å². The van der Waals surface area contributed by atoms with Crippen LogP contribution in [0.4, 0.5) is 0 Å². The number of carboxylic acids is 1. The summed E-state index contributed by atoms with van der Waals surface area (Å²) in [4.78, 5) is 9.93. The second-order valence-electron chi connectivity index (χ2n) is 2.72. The van der Waals surface area contributed by atoms with E-state index in [0.717, 1.165) is 19.3 Å². The van der Waals surface area contributed by atoms with Gasteiger partial charge in [-0.05, 0) is 12.8 Å². The molecule has 0 aromatic heterocycles. The number of aliphatic carboxylic acids is 1. The molecular weight excluding hydrogens is 156 g/mol. The van der Waals surface area contributed by atoms with E-state index in [1.807, 2.05) is 6.92 Å². The molecule has 0 fully saturated rings. The summed E-state index contributed by atoms with van der Waals surface area (Å²) in [5.41, 5.74) is 0. The number of hydrogen-bond donors (Lipinski definition) is 2. The van der Waals surface area contributed by atoms with Crippen molar-refractivity contribution in [2.75, 3.05) is 6.61 Å². The van der Waals surface area contributed by atoms with Crippen LogP contribution in [0.2, 0.25) is 0 Å². The van der Waals surface area contributed by atoms with Crippen LogP contribution >= 0.6 is 0 Å². The first kappa shape index (κ1) is 14.0. The van der Waals surface area contributed by atoms with Gasteiger partial charge < -0.3 is 10.2 Å². The van der Waals surface area contributed by atoms with Gasteiger partial charge in [-0.2, -0.15) is 0 Å². The van der Waals surface area contributed by atoms with Crippen LogP contribution in [-0.4, -0.2) is 22.8 Å². The second-order valence-corrected chi connectivity index (χ2v) is 2.72. The highest BCUT2D eigenvalue weighted by atomic mass is 16.4. The van der Waals surface area contributed by atoms with E-state index in [2.05, 4.69) is 6.92 Å². The van der Waals surface area contributed by atoms with E-state index in [4.69, 9.17) is 10.2 Å². The molecule has 0 saturated heterocycles. The zero-order valence-electron chi connectivity index (χ0n) is 8.21. The number of aliphatic hydroxyl groups excluding tert-OH is 1. The maximum absolute atomic E-state index is 9.93. The van der Waals surface area contributed by atoms with Gasteiger partial charge in [-0.1, -0.05) is 27.2 Å². The molecule has 3 heteroatoms. The predicted octanol–water partition coefficient (Wildman–Crippen LogP) is 1.90. The highest BCUT2D eigenvalue weighted by molar-refractivity contribution is 5.69. The Morgan fingerprint density at radius 3 is 1.92 bits per heavy atom. The summed E-state index contributed by atoms with van der Waals surface area (Å²) in [7, 11) is 0. The Kier molecular flexibility index (Phi) is 12.2. The van der Waals surface area contributed by atoms with Crippen molar-refractivity contribution in [1.29, 1.82) is 0 Å². The zero-order chi connectivity index (χ0) is 9.98. The Balaban J connectivity index is 0. The first-order chi connectivity index (χ1) is 5.59. The minimum Gasteiger partial charge on any atom is -0.481 e. The number of carboxylic acid groups (broad SMARTS) is 1. The van der Waals surface area contributed by atoms with E-state index < -0.39 is 5.97 Å². The number of hydrogen-bond acceptors (Lipinski definition) is 2. The molecule has 0 aliphatic heterocycles. The summed E-state index contributed by atoms with van der Waals surface area (Å²) in [5.74, 6) is -0.887. The maximum Gasteiger partial charge on any atom is 0.306 e. The van der Waals surface area contributed by atoms with Crippen LogP contribution in [0, 0.1) is 5.92 Å². The van der Waals surface area contributed by atoms with E-state index >= 15 is 0 Å². The molecule has 3 nitrogen and oxygen atoms in total. The van der Waals surface area contributed by atoms with E-state index in [-0.39, 0.29) is 5.92 Å². The van der Waals surface area contributed by atoms with Gasteiger partial charge in [0.2, 0.25) is 0 Å². The molecular formula is C9H20O3. The summed E-state index contributed by atoms with van der Waals surface area (Å²) in [6, 6.07) is 0. The lowest BCUT2D eigenvalue weighted by molar-refractivity contribution is -0.141. The van der Waals surface area contributed by atoms with Crippen molar-refractivity contribution in [1.82, 2.24) is 0 Å². The molecule has 1 unspecified atom stereocenters. The van der Waals surface area contributed by atoms with Gasteiger partial charge in [0.15, 0.2) is 0 Å². The largest absolute Gasteiger partial charge is 0.481 e. The highest BCUT2D eigenvalue weighted by Crippen LogP contribution is 1.97. The first-order valence-electron chi connectivity index (χ1n) is 4.43. The Labute approximate surface area is 74.4 Å². The van der Waals surface area contributed by atoms with Crippen LogP contribution in [0.15, 0.2) is 0 Å². The third-order valence-electron chi connectivity index (χ3n) is 1.55. The topological polar surface area (TPSA) is 57.5 Å². The van der Waals surface area contributed by atoms with Crippen molar-refractivity contribution >= 4 is 5.97 Å². The normalized spacial score (nSPS) is 11.3. The van der Waals surface area contributed by atoms with Gasteiger partial charge in [0.25, 0.3) is 0 Å². The molecule has 1 atom stereocenters. The molecule has 0 amide bonds. The highest BCUT2D eigenvalue weighted by Gasteiger charge is 2.05. The third-order valence-corrected chi connectivity index (χ3v) is 1.55. The van der Waals surface area contributed by atoms with Gasteiger partial charge in [-0.25, -0.2) is 0 Å². The van der Waals surface area contributed by atoms with Gasteiger partial charge in [0.05, 0.1) is 5.92 Å². The average molecular weight is 176 g/mol. The fourth-order valence-electron chi connectivity index (χ4n) is 0.333. The second kappa shape index (κ2) is 10.4. The van der Waals surface area contributed by atoms with Crippen LogP contribution < -0.4 is 0 Å². The molecule has 74 valence electrons. The number of unbranched alkanes of at least 4 members (excludes halogenated alkanes) is 1. The fraction of sp³-hybridized carbons (Fsp3) is 0.889. The molecule has 0 spiro atoms. The van der Waals surface area contributed by atoms with Crippen LogP contribution in [0.25, 0.3) is 0 Å². The Hall–Kier alpha value is -0.570. The van der Waals surface area contributed by atoms with E-state index in [1.54, 1.807) is 6.92 Å². The third kappa shape index (κ3) is 12.1. The Morgan fingerprint density at radius 1 is 1.42 bits per heavy atom. The van der Waals surface area contributed by atoms with Gasteiger partial charge in [0, 0.05) is 6.61 Å². The minimum absolute atomic E-state index is 0.181. The van der Waals surface area contributed by atoms with Crippen LogP contribution in [-0.2, 0) is 4.79 Å². The molecule has 0 aromatic rings. The van der Waals surface area contributed by atoms with Gasteiger partial charge in [0.1, 0.15) is 0 Å². The van der Waals surface area contributed by atoms with Gasteiger partial charge >= 0.3 is 5.97 Å². The lowest BCUT2D eigenvalue weighted by Crippen LogP contribution is -2.06. The quantitative estimate of drug-likeness (QED) is 0.687. The molecule has 0 saturated carbocycles. The maximum atomic E-state index is 9.93. The van der Waals surface area contributed by atoms with Crippen molar-refractivity contribution in [3.63, 3.8) is 0 Å². The Morgan fingerprint density at radius 2 is 1.92 bits per heavy atom. The van der Waals surface area contributed by atoms with Crippen molar-refractivity contribution in [2.45, 2.75) is 40.0 Å². The summed E-state index contributed by atoms with van der Waals surface area (Å²) in [6.07, 6.45) is 2.76. The molecule has 0 bridgehead atoms. The summed E-state index contributed by atoms with van der Waals surface area (Å²) < 4.78 is 0. The lowest BCUT2D eigenvalue weighted by atomic mass is 10.1. The number of aliphatic hydroxyl groups is 1. The van der Waals surface area contributed by atoms with Crippen molar-refractivity contribution in [3.05, 3.63) is 0 Å². The van der Waals surface area contributed by atoms with E-state index in [1.165, 1.54) is 0 Å². The molecule has 0 heterocycles. The molecule has 0 aliphatic carbocycles. The van der Waals surface area contributed by atoms with Crippen LogP contribution in [0.3, 0.4) is 0 Å². The molecule has 0 rings (SSSR count).